The number of nitrogens with one attached hydrogen (secondary N) is 1. The first kappa shape index (κ1) is 17.3. The van der Waals surface area contributed by atoms with E-state index in [0.717, 1.165) is 20.8 Å². The van der Waals surface area contributed by atoms with Gasteiger partial charge in [-0.05, 0) is 29.6 Å². The summed E-state index contributed by atoms with van der Waals surface area (Å²) in [5, 5.41) is 11.2. The van der Waals surface area contributed by atoms with Crippen molar-refractivity contribution in [1.82, 2.24) is 19.7 Å². The zero-order valence-electron chi connectivity index (χ0n) is 13.9. The average Bonchev–Trinajstić information content (AvgIpc) is 3.36. The molecular weight excluding hydrogens is 382 g/mol. The summed E-state index contributed by atoms with van der Waals surface area (Å²) in [6.07, 6.45) is 3.40. The zero-order chi connectivity index (χ0) is 18.6. The maximum Gasteiger partial charge on any atom is 0.267 e. The van der Waals surface area contributed by atoms with Crippen molar-refractivity contribution < 1.29 is 4.79 Å². The van der Waals surface area contributed by atoms with Crippen LogP contribution in [0, 0.1) is 0 Å². The van der Waals surface area contributed by atoms with E-state index in [4.69, 9.17) is 0 Å². The van der Waals surface area contributed by atoms with Gasteiger partial charge in [-0.25, -0.2) is 9.67 Å². The summed E-state index contributed by atoms with van der Waals surface area (Å²) in [7, 11) is 0. The van der Waals surface area contributed by atoms with E-state index < -0.39 is 0 Å². The number of aromatic nitrogens is 4. The Bertz CT molecular complexity index is 1120. The molecule has 9 heteroatoms. The lowest BCUT2D eigenvalue weighted by Gasteiger charge is -2.06. The van der Waals surface area contributed by atoms with Gasteiger partial charge in [-0.15, -0.1) is 22.7 Å². The van der Waals surface area contributed by atoms with Gasteiger partial charge in [-0.3, -0.25) is 14.6 Å². The summed E-state index contributed by atoms with van der Waals surface area (Å²) in [4.78, 5) is 33.7. The normalized spacial score (nSPS) is 10.7. The van der Waals surface area contributed by atoms with Crippen LogP contribution in [-0.4, -0.2) is 25.7 Å². The summed E-state index contributed by atoms with van der Waals surface area (Å²) in [5.74, 6) is -0.361. The molecule has 0 aliphatic heterocycles. The number of nitrogens with zero attached hydrogens (tertiary/aromatic N) is 4. The van der Waals surface area contributed by atoms with Crippen molar-refractivity contribution in [2.45, 2.75) is 6.54 Å². The number of thiophene rings is 1. The Morgan fingerprint density at radius 3 is 2.81 bits per heavy atom. The molecule has 4 aromatic heterocycles. The predicted octanol–water partition coefficient (Wildman–Crippen LogP) is 3.13. The lowest BCUT2D eigenvalue weighted by molar-refractivity contribution is -0.117. The van der Waals surface area contributed by atoms with Crippen LogP contribution >= 0.6 is 22.7 Å². The van der Waals surface area contributed by atoms with Crippen molar-refractivity contribution in [1.29, 1.82) is 0 Å². The summed E-state index contributed by atoms with van der Waals surface area (Å²) in [6.45, 7) is -0.181. The minimum Gasteiger partial charge on any atom is -0.300 e. The van der Waals surface area contributed by atoms with Crippen LogP contribution in [0.25, 0.3) is 21.8 Å². The minimum absolute atomic E-state index is 0.181. The minimum atomic E-state index is -0.361. The first-order valence-corrected chi connectivity index (χ1v) is 9.73. The SMILES string of the molecule is O=C(Cn1nc(-c2cccs2)ccc1=O)Nc1nc(-c2cccnc2)cs1. The fourth-order valence-corrected chi connectivity index (χ4v) is 3.82. The summed E-state index contributed by atoms with van der Waals surface area (Å²) >= 11 is 2.83. The Hall–Kier alpha value is -3.17. The molecule has 4 rings (SSSR count). The second-order valence-corrected chi connectivity index (χ2v) is 7.33. The summed E-state index contributed by atoms with van der Waals surface area (Å²) < 4.78 is 1.15. The Labute approximate surface area is 162 Å². The van der Waals surface area contributed by atoms with Crippen molar-refractivity contribution in [2.75, 3.05) is 5.32 Å². The number of hydrogen-bond acceptors (Lipinski definition) is 7. The van der Waals surface area contributed by atoms with Crippen LogP contribution in [0.5, 0.6) is 0 Å². The van der Waals surface area contributed by atoms with E-state index >= 15 is 0 Å². The van der Waals surface area contributed by atoms with Gasteiger partial charge in [0.1, 0.15) is 12.2 Å². The predicted molar refractivity (Wildman–Crippen MR) is 106 cm³/mol. The number of carbonyl (C=O) groups is 1. The number of pyridine rings is 1. The zero-order valence-corrected chi connectivity index (χ0v) is 15.5. The molecule has 0 aromatic carbocycles. The van der Waals surface area contributed by atoms with Crippen LogP contribution in [0.15, 0.2) is 64.3 Å². The Balaban J connectivity index is 1.48. The first-order valence-electron chi connectivity index (χ1n) is 7.97. The molecule has 0 unspecified atom stereocenters. The smallest absolute Gasteiger partial charge is 0.267 e. The van der Waals surface area contributed by atoms with Gasteiger partial charge in [-0.2, -0.15) is 5.10 Å². The molecule has 4 aromatic rings. The summed E-state index contributed by atoms with van der Waals surface area (Å²) in [5.41, 5.74) is 1.93. The fraction of sp³-hybridized carbons (Fsp3) is 0.0556. The quantitative estimate of drug-likeness (QED) is 0.561. The van der Waals surface area contributed by atoms with Crippen molar-refractivity contribution in [3.05, 3.63) is 69.9 Å². The molecule has 0 radical (unpaired) electrons. The number of thiazole rings is 1. The Morgan fingerprint density at radius 1 is 1.11 bits per heavy atom. The average molecular weight is 395 g/mol. The fourth-order valence-electron chi connectivity index (χ4n) is 2.39. The number of anilines is 1. The number of hydrogen-bond donors (Lipinski definition) is 1. The lowest BCUT2D eigenvalue weighted by atomic mass is 10.2. The molecule has 0 spiro atoms. The highest BCUT2D eigenvalue weighted by molar-refractivity contribution is 7.14. The van der Waals surface area contributed by atoms with Crippen molar-refractivity contribution in [2.24, 2.45) is 0 Å². The number of rotatable bonds is 5. The van der Waals surface area contributed by atoms with Crippen LogP contribution in [0.4, 0.5) is 5.13 Å². The highest BCUT2D eigenvalue weighted by Gasteiger charge is 2.11. The Morgan fingerprint density at radius 2 is 2.04 bits per heavy atom. The van der Waals surface area contributed by atoms with Crippen molar-refractivity contribution in [3.8, 4) is 21.8 Å². The van der Waals surface area contributed by atoms with Gasteiger partial charge < -0.3 is 5.32 Å². The van der Waals surface area contributed by atoms with Crippen molar-refractivity contribution >= 4 is 33.7 Å². The monoisotopic (exact) mass is 395 g/mol. The molecule has 134 valence electrons. The van der Waals surface area contributed by atoms with Gasteiger partial charge in [0, 0.05) is 29.4 Å². The molecule has 0 atom stereocenters. The number of carbonyl (C=O) groups excluding carboxylic acids is 1. The third-order valence-electron chi connectivity index (χ3n) is 3.64. The molecule has 1 N–H and O–H groups in total. The highest BCUT2D eigenvalue weighted by Crippen LogP contribution is 2.24. The van der Waals surface area contributed by atoms with Crippen LogP contribution in [0.3, 0.4) is 0 Å². The standard InChI is InChI=1S/C18H13N5O2S2/c24-16(21-18-20-14(11-27-18)12-3-1-7-19-9-12)10-23-17(25)6-5-13(22-23)15-4-2-8-26-15/h1-9,11H,10H2,(H,20,21,24). The largest absolute Gasteiger partial charge is 0.300 e. The van der Waals surface area contributed by atoms with E-state index in [9.17, 15) is 9.59 Å². The summed E-state index contributed by atoms with van der Waals surface area (Å²) in [6, 6.07) is 10.6. The second-order valence-electron chi connectivity index (χ2n) is 5.52. The lowest BCUT2D eigenvalue weighted by Crippen LogP contribution is -2.29. The van der Waals surface area contributed by atoms with Gasteiger partial charge in [0.15, 0.2) is 5.13 Å². The van der Waals surface area contributed by atoms with Gasteiger partial charge >= 0.3 is 0 Å². The number of amides is 1. The molecule has 0 saturated carbocycles. The molecule has 0 fully saturated rings. The maximum absolute atomic E-state index is 12.3. The van der Waals surface area contributed by atoms with E-state index in [0.29, 0.717) is 10.8 Å². The molecule has 1 amide bonds. The molecule has 0 aliphatic carbocycles. The van der Waals surface area contributed by atoms with Crippen LogP contribution < -0.4 is 10.9 Å². The van der Waals surface area contributed by atoms with Crippen LogP contribution in [0.1, 0.15) is 0 Å². The van der Waals surface area contributed by atoms with Crippen molar-refractivity contribution in [3.63, 3.8) is 0 Å². The van der Waals surface area contributed by atoms with E-state index in [1.807, 2.05) is 35.0 Å². The van der Waals surface area contributed by atoms with Gasteiger partial charge in [0.05, 0.1) is 10.6 Å². The van der Waals surface area contributed by atoms with E-state index in [-0.39, 0.29) is 18.0 Å². The molecular formula is C18H13N5O2S2. The maximum atomic E-state index is 12.3. The third kappa shape index (κ3) is 3.99. The third-order valence-corrected chi connectivity index (χ3v) is 5.29. The van der Waals surface area contributed by atoms with E-state index in [1.165, 1.54) is 28.7 Å². The Kier molecular flexibility index (Phi) is 4.86. The van der Waals surface area contributed by atoms with Gasteiger partial charge in [0.25, 0.3) is 5.56 Å². The van der Waals surface area contributed by atoms with E-state index in [2.05, 4.69) is 20.4 Å². The second kappa shape index (κ2) is 7.60. The van der Waals surface area contributed by atoms with Gasteiger partial charge in [-0.1, -0.05) is 6.07 Å². The molecule has 0 bridgehead atoms. The highest BCUT2D eigenvalue weighted by atomic mass is 32.1. The molecule has 4 heterocycles. The van der Waals surface area contributed by atoms with Crippen LogP contribution in [-0.2, 0) is 11.3 Å². The first-order chi connectivity index (χ1) is 13.2. The van der Waals surface area contributed by atoms with Gasteiger partial charge in [0.2, 0.25) is 5.91 Å². The molecule has 0 saturated heterocycles. The van der Waals surface area contributed by atoms with Crippen LogP contribution in [0.2, 0.25) is 0 Å². The molecule has 27 heavy (non-hydrogen) atoms. The molecule has 0 aliphatic rings. The molecule has 7 nitrogen and oxygen atoms in total. The van der Waals surface area contributed by atoms with E-state index in [1.54, 1.807) is 18.5 Å². The topological polar surface area (TPSA) is 89.8 Å².